The summed E-state index contributed by atoms with van der Waals surface area (Å²) in [5.74, 6) is -0.333. The Hall–Kier alpha value is -3.54. The molecule has 0 bridgehead atoms. The molecule has 0 spiro atoms. The topological polar surface area (TPSA) is 97.8 Å². The number of carbonyl (C=O) groups is 1. The van der Waals surface area contributed by atoms with Crippen LogP contribution in [0.5, 0.6) is 11.5 Å². The van der Waals surface area contributed by atoms with Gasteiger partial charge in [0, 0.05) is 36.9 Å². The van der Waals surface area contributed by atoms with E-state index in [1.54, 1.807) is 37.4 Å². The number of carbonyl (C=O) groups excluding carboxylic acids is 1. The van der Waals surface area contributed by atoms with E-state index in [1.165, 1.54) is 13.2 Å². The van der Waals surface area contributed by atoms with Crippen LogP contribution in [-0.2, 0) is 16.1 Å². The number of ether oxygens (including phenoxy) is 3. The minimum atomic E-state index is -0.718. The lowest BCUT2D eigenvalue weighted by molar-refractivity contribution is -0.118. The fraction of sp³-hybridized carbons (Fsp3) is 0.379. The highest BCUT2D eigenvalue weighted by Crippen LogP contribution is 2.50. The molecule has 1 atom stereocenters. The third-order valence-corrected chi connectivity index (χ3v) is 7.20. The zero-order valence-electron chi connectivity index (χ0n) is 21.9. The van der Waals surface area contributed by atoms with Crippen molar-refractivity contribution in [3.63, 3.8) is 0 Å². The molecular weight excluding hydrogens is 509 g/mol. The Morgan fingerprint density at radius 2 is 1.97 bits per heavy atom. The molecule has 2 aromatic rings. The van der Waals surface area contributed by atoms with Crippen LogP contribution in [0.15, 0.2) is 59.1 Å². The Bertz CT molecular complexity index is 1360. The van der Waals surface area contributed by atoms with E-state index in [1.807, 2.05) is 18.7 Å². The number of ketones is 1. The van der Waals surface area contributed by atoms with E-state index in [0.717, 1.165) is 5.70 Å². The SMILES string of the molecule is COCCN1C(N)=C(C#N)[C@@H](c2cc(Cl)c(OCc3ccccc3F)c(OC)c2)C2=C1CC(C)(C)CC2=O. The van der Waals surface area contributed by atoms with Crippen molar-refractivity contribution in [3.05, 3.63) is 81.0 Å². The summed E-state index contributed by atoms with van der Waals surface area (Å²) in [6, 6.07) is 11.9. The second-order valence-electron chi connectivity index (χ2n) is 10.2. The van der Waals surface area contributed by atoms with E-state index in [4.69, 9.17) is 31.5 Å². The maximum Gasteiger partial charge on any atom is 0.180 e. The molecule has 4 rings (SSSR count). The van der Waals surface area contributed by atoms with Gasteiger partial charge in [0.15, 0.2) is 17.3 Å². The largest absolute Gasteiger partial charge is 0.493 e. The number of Topliss-reactive ketones (excluding diaryl/α,β-unsaturated/α-hetero) is 1. The van der Waals surface area contributed by atoms with Crippen molar-refractivity contribution in [1.82, 2.24) is 4.90 Å². The van der Waals surface area contributed by atoms with E-state index in [-0.39, 0.29) is 40.0 Å². The zero-order chi connectivity index (χ0) is 27.6. The number of hydrogen-bond acceptors (Lipinski definition) is 7. The molecule has 0 fully saturated rings. The second kappa shape index (κ2) is 11.1. The molecule has 0 saturated heterocycles. The quantitative estimate of drug-likeness (QED) is 0.476. The number of rotatable bonds is 8. The number of halogens is 2. The van der Waals surface area contributed by atoms with Crippen LogP contribution in [0.25, 0.3) is 0 Å². The Morgan fingerprint density at radius 3 is 2.63 bits per heavy atom. The highest BCUT2D eigenvalue weighted by Gasteiger charge is 2.44. The van der Waals surface area contributed by atoms with Gasteiger partial charge in [0.1, 0.15) is 18.2 Å². The van der Waals surface area contributed by atoms with Crippen molar-refractivity contribution in [3.8, 4) is 17.6 Å². The van der Waals surface area contributed by atoms with Crippen LogP contribution in [0.4, 0.5) is 4.39 Å². The normalized spacial score (nSPS) is 18.8. The fourth-order valence-corrected chi connectivity index (χ4v) is 5.43. The van der Waals surface area contributed by atoms with Gasteiger partial charge >= 0.3 is 0 Å². The fourth-order valence-electron chi connectivity index (χ4n) is 5.16. The van der Waals surface area contributed by atoms with Gasteiger partial charge in [-0.05, 0) is 35.6 Å². The lowest BCUT2D eigenvalue weighted by atomic mass is 9.68. The van der Waals surface area contributed by atoms with Crippen LogP contribution in [0, 0.1) is 22.6 Å². The number of hydrogen-bond donors (Lipinski definition) is 1. The molecule has 0 radical (unpaired) electrons. The molecule has 0 unspecified atom stereocenters. The summed E-state index contributed by atoms with van der Waals surface area (Å²) in [4.78, 5) is 15.4. The van der Waals surface area contributed by atoms with Crippen LogP contribution in [0.2, 0.25) is 5.02 Å². The van der Waals surface area contributed by atoms with Crippen molar-refractivity contribution in [2.75, 3.05) is 27.4 Å². The van der Waals surface area contributed by atoms with Gasteiger partial charge in [-0.1, -0.05) is 43.6 Å². The van der Waals surface area contributed by atoms with E-state index in [2.05, 4.69) is 6.07 Å². The summed E-state index contributed by atoms with van der Waals surface area (Å²) in [7, 11) is 3.06. The summed E-state index contributed by atoms with van der Waals surface area (Å²) in [6.45, 7) is 4.82. The Kier molecular flexibility index (Phi) is 8.00. The molecule has 1 heterocycles. The molecule has 0 amide bonds. The van der Waals surface area contributed by atoms with E-state index in [0.29, 0.717) is 48.4 Å². The molecule has 9 heteroatoms. The van der Waals surface area contributed by atoms with Gasteiger partial charge in [-0.2, -0.15) is 5.26 Å². The van der Waals surface area contributed by atoms with Crippen LogP contribution in [0.1, 0.15) is 43.7 Å². The molecule has 7 nitrogen and oxygen atoms in total. The molecule has 2 N–H and O–H groups in total. The third-order valence-electron chi connectivity index (χ3n) is 6.92. The minimum Gasteiger partial charge on any atom is -0.493 e. The van der Waals surface area contributed by atoms with Gasteiger partial charge in [0.25, 0.3) is 0 Å². The third kappa shape index (κ3) is 5.22. The summed E-state index contributed by atoms with van der Waals surface area (Å²) in [5, 5.41) is 10.4. The number of methoxy groups -OCH3 is 2. The molecule has 200 valence electrons. The maximum absolute atomic E-state index is 14.1. The van der Waals surface area contributed by atoms with E-state index >= 15 is 0 Å². The molecule has 38 heavy (non-hydrogen) atoms. The lowest BCUT2D eigenvalue weighted by Crippen LogP contribution is -2.43. The Labute approximate surface area is 227 Å². The number of allylic oxidation sites excluding steroid dienone is 3. The highest BCUT2D eigenvalue weighted by molar-refractivity contribution is 6.32. The van der Waals surface area contributed by atoms with Crippen molar-refractivity contribution in [1.29, 1.82) is 5.26 Å². The first-order valence-electron chi connectivity index (χ1n) is 12.3. The number of nitrogens with two attached hydrogens (primary N) is 1. The van der Waals surface area contributed by atoms with E-state index < -0.39 is 11.7 Å². The smallest absolute Gasteiger partial charge is 0.180 e. The van der Waals surface area contributed by atoms with Crippen LogP contribution >= 0.6 is 11.6 Å². The number of nitriles is 1. The van der Waals surface area contributed by atoms with Crippen molar-refractivity contribution >= 4 is 17.4 Å². The van der Waals surface area contributed by atoms with Crippen LogP contribution < -0.4 is 15.2 Å². The first kappa shape index (κ1) is 27.5. The standard InChI is InChI=1S/C29H31ClFN3O4/c1-29(2)13-22-26(23(35)14-29)25(19(15-32)28(33)34(22)9-10-36-3)18-11-20(30)27(24(12-18)37-4)38-16-17-7-5-6-8-21(17)31/h5-8,11-12,25H,9-10,13-14,16,33H2,1-4H3/t25-/m1/s1. The average Bonchev–Trinajstić information content (AvgIpc) is 2.86. The summed E-state index contributed by atoms with van der Waals surface area (Å²) in [6.07, 6.45) is 0.955. The first-order valence-corrected chi connectivity index (χ1v) is 12.7. The van der Waals surface area contributed by atoms with Gasteiger partial charge in [-0.25, -0.2) is 4.39 Å². The highest BCUT2D eigenvalue weighted by atomic mass is 35.5. The predicted molar refractivity (Wildman–Crippen MR) is 142 cm³/mol. The predicted octanol–water partition coefficient (Wildman–Crippen LogP) is 5.45. The molecule has 2 aliphatic rings. The average molecular weight is 540 g/mol. The molecule has 2 aromatic carbocycles. The monoisotopic (exact) mass is 539 g/mol. The molecule has 0 aromatic heterocycles. The Balaban J connectivity index is 1.81. The lowest BCUT2D eigenvalue weighted by Gasteiger charge is -2.43. The van der Waals surface area contributed by atoms with Gasteiger partial charge in [0.2, 0.25) is 0 Å². The number of nitrogens with zero attached hydrogens (tertiary/aromatic N) is 2. The van der Waals surface area contributed by atoms with Crippen molar-refractivity contribution < 1.29 is 23.4 Å². The number of benzene rings is 2. The first-order chi connectivity index (χ1) is 18.1. The van der Waals surface area contributed by atoms with Gasteiger partial charge in [0.05, 0.1) is 36.3 Å². The minimum absolute atomic E-state index is 0.0427. The van der Waals surface area contributed by atoms with Crippen LogP contribution in [0.3, 0.4) is 0 Å². The van der Waals surface area contributed by atoms with Crippen molar-refractivity contribution in [2.24, 2.45) is 11.1 Å². The summed E-state index contributed by atoms with van der Waals surface area (Å²) >= 11 is 6.66. The summed E-state index contributed by atoms with van der Waals surface area (Å²) < 4.78 is 30.8. The van der Waals surface area contributed by atoms with E-state index in [9.17, 15) is 14.4 Å². The molecular formula is C29H31ClFN3O4. The molecule has 0 saturated carbocycles. The molecule has 1 aliphatic heterocycles. The zero-order valence-corrected chi connectivity index (χ0v) is 22.7. The maximum atomic E-state index is 14.1. The van der Waals surface area contributed by atoms with Crippen LogP contribution in [-0.4, -0.2) is 38.1 Å². The van der Waals surface area contributed by atoms with Gasteiger partial charge in [-0.15, -0.1) is 0 Å². The Morgan fingerprint density at radius 1 is 1.24 bits per heavy atom. The van der Waals surface area contributed by atoms with Gasteiger partial charge in [-0.3, -0.25) is 4.79 Å². The van der Waals surface area contributed by atoms with Crippen molar-refractivity contribution in [2.45, 2.75) is 39.2 Å². The second-order valence-corrected chi connectivity index (χ2v) is 10.6. The van der Waals surface area contributed by atoms with Gasteiger partial charge < -0.3 is 24.8 Å². The molecule has 1 aliphatic carbocycles. The summed E-state index contributed by atoms with van der Waals surface area (Å²) in [5.41, 5.74) is 8.82.